The van der Waals surface area contributed by atoms with Crippen molar-refractivity contribution in [2.75, 3.05) is 19.7 Å². The summed E-state index contributed by atoms with van der Waals surface area (Å²) in [7, 11) is 0. The predicted molar refractivity (Wildman–Crippen MR) is 150 cm³/mol. The van der Waals surface area contributed by atoms with E-state index in [1.54, 1.807) is 0 Å². The zero-order chi connectivity index (χ0) is 27.5. The van der Waals surface area contributed by atoms with Crippen molar-refractivity contribution in [1.29, 1.82) is 0 Å². The molecule has 2 amide bonds. The first-order chi connectivity index (χ1) is 18.9. The fraction of sp³-hybridized carbons (Fsp3) is 0.355. The van der Waals surface area contributed by atoms with Crippen molar-refractivity contribution < 1.29 is 14.3 Å². The number of ether oxygens (including phenoxy) is 1. The van der Waals surface area contributed by atoms with Crippen LogP contribution in [0.2, 0.25) is 0 Å². The van der Waals surface area contributed by atoms with Gasteiger partial charge in [0.25, 0.3) is 11.8 Å². The molecule has 1 aliphatic rings. The number of carbonyl (C=O) groups is 2. The Balaban J connectivity index is 1.30. The lowest BCUT2D eigenvalue weighted by molar-refractivity contribution is 0.0702. The number of hydrogen-bond acceptors (Lipinski definition) is 5. The molecule has 0 unspecified atom stereocenters. The van der Waals surface area contributed by atoms with Crippen molar-refractivity contribution in [3.63, 3.8) is 0 Å². The first-order valence-electron chi connectivity index (χ1n) is 13.6. The van der Waals surface area contributed by atoms with Crippen LogP contribution in [0.5, 0.6) is 5.75 Å². The topological polar surface area (TPSA) is 88.8 Å². The van der Waals surface area contributed by atoms with Crippen molar-refractivity contribution in [3.8, 4) is 5.75 Å². The number of benzene rings is 1. The molecule has 0 atom stereocenters. The number of pyridine rings is 2. The van der Waals surface area contributed by atoms with Gasteiger partial charge in [-0.2, -0.15) is 0 Å². The smallest absolute Gasteiger partial charge is 0.272 e. The zero-order valence-electron chi connectivity index (χ0n) is 23.0. The minimum Gasteiger partial charge on any atom is -0.494 e. The number of aromatic nitrogens is 3. The van der Waals surface area contributed by atoms with E-state index in [1.165, 1.54) is 0 Å². The van der Waals surface area contributed by atoms with Crippen molar-refractivity contribution in [2.45, 2.75) is 53.0 Å². The Labute approximate surface area is 229 Å². The zero-order valence-corrected chi connectivity index (χ0v) is 23.0. The minimum atomic E-state index is -0.154. The van der Waals surface area contributed by atoms with Gasteiger partial charge < -0.3 is 15.0 Å². The van der Waals surface area contributed by atoms with Crippen molar-refractivity contribution in [3.05, 3.63) is 94.2 Å². The Hall–Kier alpha value is -4.20. The van der Waals surface area contributed by atoms with Crippen LogP contribution in [-0.2, 0) is 6.54 Å². The molecule has 1 aliphatic heterocycles. The van der Waals surface area contributed by atoms with E-state index in [2.05, 4.69) is 10.3 Å². The molecule has 1 saturated heterocycles. The summed E-state index contributed by atoms with van der Waals surface area (Å²) < 4.78 is 7.60. The normalized spacial score (nSPS) is 14.0. The minimum absolute atomic E-state index is 0.00724. The van der Waals surface area contributed by atoms with Gasteiger partial charge in [0.2, 0.25) is 0 Å². The molecule has 0 bridgehead atoms. The fourth-order valence-electron chi connectivity index (χ4n) is 5.38. The first kappa shape index (κ1) is 26.4. The number of piperidine rings is 1. The highest BCUT2D eigenvalue weighted by molar-refractivity contribution is 5.96. The van der Waals surface area contributed by atoms with Crippen molar-refractivity contribution >= 4 is 17.5 Å². The number of nitrogens with zero attached hydrogens (tertiary/aromatic N) is 4. The molecule has 8 heteroatoms. The molecule has 0 radical (unpaired) electrons. The van der Waals surface area contributed by atoms with Gasteiger partial charge in [-0.05, 0) is 70.4 Å². The van der Waals surface area contributed by atoms with Gasteiger partial charge in [-0.3, -0.25) is 19.0 Å². The van der Waals surface area contributed by atoms with E-state index in [0.717, 1.165) is 52.4 Å². The van der Waals surface area contributed by atoms with Crippen LogP contribution < -0.4 is 10.1 Å². The first-order valence-corrected chi connectivity index (χ1v) is 13.6. The quantitative estimate of drug-likeness (QED) is 0.367. The maximum absolute atomic E-state index is 13.5. The number of rotatable bonds is 7. The van der Waals surface area contributed by atoms with Gasteiger partial charge in [-0.25, -0.2) is 4.98 Å². The molecule has 202 valence electrons. The number of aryl methyl sites for hydroxylation is 3. The maximum atomic E-state index is 13.5. The fourth-order valence-corrected chi connectivity index (χ4v) is 5.38. The average molecular weight is 526 g/mol. The van der Waals surface area contributed by atoms with Gasteiger partial charge in [-0.1, -0.05) is 24.3 Å². The Morgan fingerprint density at radius 2 is 1.77 bits per heavy atom. The molecule has 0 aliphatic carbocycles. The summed E-state index contributed by atoms with van der Waals surface area (Å²) in [6.45, 7) is 9.90. The monoisotopic (exact) mass is 525 g/mol. The van der Waals surface area contributed by atoms with Crippen molar-refractivity contribution in [1.82, 2.24) is 24.6 Å². The van der Waals surface area contributed by atoms with Crippen molar-refractivity contribution in [2.24, 2.45) is 0 Å². The van der Waals surface area contributed by atoms with E-state index in [1.807, 2.05) is 91.7 Å². The average Bonchev–Trinajstić information content (AvgIpc) is 3.29. The van der Waals surface area contributed by atoms with Crippen LogP contribution in [-0.4, -0.2) is 50.8 Å². The summed E-state index contributed by atoms with van der Waals surface area (Å²) in [5, 5.41) is 3.05. The molecule has 0 saturated carbocycles. The van der Waals surface area contributed by atoms with E-state index < -0.39 is 0 Å². The van der Waals surface area contributed by atoms with Gasteiger partial charge in [0, 0.05) is 43.0 Å². The highest BCUT2D eigenvalue weighted by Gasteiger charge is 2.30. The lowest BCUT2D eigenvalue weighted by atomic mass is 9.89. The van der Waals surface area contributed by atoms with Gasteiger partial charge in [0.05, 0.1) is 23.6 Å². The molecule has 8 nitrogen and oxygen atoms in total. The van der Waals surface area contributed by atoms with Crippen LogP contribution in [0.3, 0.4) is 0 Å². The lowest BCUT2D eigenvalue weighted by Gasteiger charge is -2.32. The molecule has 1 fully saturated rings. The summed E-state index contributed by atoms with van der Waals surface area (Å²) in [4.78, 5) is 38.2. The SMILES string of the molecule is CCOc1ccccc1CNC(=O)c1ccc(C)nc1C1CCN(C(=O)c2c(C)nc3c(C)cccn23)CC1. The number of fused-ring (bicyclic) bond motifs is 1. The number of amides is 2. The highest BCUT2D eigenvalue weighted by atomic mass is 16.5. The standard InChI is InChI=1S/C31H35N5O3/c1-5-39-26-11-7-6-10-24(26)19-32-30(37)25-13-12-21(3)33-27(25)23-14-17-35(18-15-23)31(38)28-22(4)34-29-20(2)9-8-16-36(28)29/h6-13,16,23H,5,14-15,17-19H2,1-4H3,(H,32,37). The molecular weight excluding hydrogens is 490 g/mol. The molecule has 1 aromatic carbocycles. The van der Waals surface area contributed by atoms with Crippen LogP contribution in [0.25, 0.3) is 5.65 Å². The predicted octanol–water partition coefficient (Wildman–Crippen LogP) is 5.00. The lowest BCUT2D eigenvalue weighted by Crippen LogP contribution is -2.39. The second kappa shape index (κ2) is 11.3. The summed E-state index contributed by atoms with van der Waals surface area (Å²) in [6, 6.07) is 15.4. The number of para-hydroxylation sites is 1. The third kappa shape index (κ3) is 5.37. The molecule has 5 rings (SSSR count). The Kier molecular flexibility index (Phi) is 7.63. The van der Waals surface area contributed by atoms with E-state index in [0.29, 0.717) is 37.5 Å². The van der Waals surface area contributed by atoms with Gasteiger partial charge in [0.15, 0.2) is 0 Å². The van der Waals surface area contributed by atoms with E-state index >= 15 is 0 Å². The number of carbonyl (C=O) groups excluding carboxylic acids is 2. The molecule has 1 N–H and O–H groups in total. The van der Waals surface area contributed by atoms with Gasteiger partial charge in [0.1, 0.15) is 17.1 Å². The third-order valence-electron chi connectivity index (χ3n) is 7.41. The molecule has 4 aromatic rings. The summed E-state index contributed by atoms with van der Waals surface area (Å²) in [5.41, 5.74) is 6.41. The van der Waals surface area contributed by atoms with E-state index in [4.69, 9.17) is 9.72 Å². The third-order valence-corrected chi connectivity index (χ3v) is 7.41. The molecule has 0 spiro atoms. The molecule has 3 aromatic heterocycles. The van der Waals surface area contributed by atoms with Crippen LogP contribution in [0.4, 0.5) is 0 Å². The summed E-state index contributed by atoms with van der Waals surface area (Å²) in [5.74, 6) is 0.707. The number of hydrogen-bond donors (Lipinski definition) is 1. The summed E-state index contributed by atoms with van der Waals surface area (Å²) in [6.07, 6.45) is 3.38. The van der Waals surface area contributed by atoms with Gasteiger partial charge >= 0.3 is 0 Å². The second-order valence-electron chi connectivity index (χ2n) is 10.1. The van der Waals surface area contributed by atoms with Crippen LogP contribution in [0.1, 0.15) is 74.7 Å². The van der Waals surface area contributed by atoms with Gasteiger partial charge in [-0.15, -0.1) is 0 Å². The largest absolute Gasteiger partial charge is 0.494 e. The number of nitrogens with one attached hydrogen (secondary N) is 1. The Bertz CT molecular complexity index is 1520. The Morgan fingerprint density at radius 3 is 2.54 bits per heavy atom. The van der Waals surface area contributed by atoms with Crippen LogP contribution in [0.15, 0.2) is 54.7 Å². The maximum Gasteiger partial charge on any atom is 0.272 e. The van der Waals surface area contributed by atoms with E-state index in [9.17, 15) is 9.59 Å². The molecule has 39 heavy (non-hydrogen) atoms. The Morgan fingerprint density at radius 1 is 1.00 bits per heavy atom. The van der Waals surface area contributed by atoms with Crippen LogP contribution in [0, 0.1) is 20.8 Å². The van der Waals surface area contributed by atoms with Crippen LogP contribution >= 0.6 is 0 Å². The molecule has 4 heterocycles. The number of imidazole rings is 1. The molecular formula is C31H35N5O3. The second-order valence-corrected chi connectivity index (χ2v) is 10.1. The number of likely N-dealkylation sites (tertiary alicyclic amines) is 1. The summed E-state index contributed by atoms with van der Waals surface area (Å²) >= 11 is 0. The highest BCUT2D eigenvalue weighted by Crippen LogP contribution is 2.31. The van der Waals surface area contributed by atoms with E-state index in [-0.39, 0.29) is 17.7 Å².